The Morgan fingerprint density at radius 2 is 1.60 bits per heavy atom. The normalized spacial score (nSPS) is 24.9. The molecule has 0 aromatic heterocycles. The molecule has 1 N–H and O–H groups in total. The standard InChI is InChI=1S/C10H15F3O2/c1-8(2,11)9(7(14)15)3-5-10(12,13)6-4-9/h3-6H2,1-2H3,(H,14,15). The van der Waals surface area contributed by atoms with Gasteiger partial charge in [0.1, 0.15) is 11.1 Å². The maximum atomic E-state index is 13.8. The molecule has 0 bridgehead atoms. The van der Waals surface area contributed by atoms with Crippen molar-refractivity contribution in [1.82, 2.24) is 0 Å². The molecule has 1 aliphatic carbocycles. The summed E-state index contributed by atoms with van der Waals surface area (Å²) in [4.78, 5) is 11.0. The zero-order chi connectivity index (χ0) is 11.9. The lowest BCUT2D eigenvalue weighted by Gasteiger charge is -2.42. The van der Waals surface area contributed by atoms with Crippen molar-refractivity contribution in [2.45, 2.75) is 51.1 Å². The first kappa shape index (κ1) is 12.3. The summed E-state index contributed by atoms with van der Waals surface area (Å²) in [6.45, 7) is 2.29. The van der Waals surface area contributed by atoms with Crippen LogP contribution in [0.3, 0.4) is 0 Å². The minimum atomic E-state index is -2.84. The summed E-state index contributed by atoms with van der Waals surface area (Å²) in [5, 5.41) is 9.01. The molecule has 0 aromatic rings. The number of rotatable bonds is 2. The summed E-state index contributed by atoms with van der Waals surface area (Å²) in [6.07, 6.45) is -1.71. The predicted octanol–water partition coefficient (Wildman–Crippen LogP) is 3.01. The van der Waals surface area contributed by atoms with Crippen LogP contribution in [0.15, 0.2) is 0 Å². The molecule has 0 atom stereocenters. The molecule has 1 rings (SSSR count). The van der Waals surface area contributed by atoms with E-state index < -0.39 is 35.8 Å². The van der Waals surface area contributed by atoms with Crippen molar-refractivity contribution in [2.24, 2.45) is 5.41 Å². The Bertz CT molecular complexity index is 258. The van der Waals surface area contributed by atoms with Crippen molar-refractivity contribution >= 4 is 5.97 Å². The minimum absolute atomic E-state index is 0.307. The van der Waals surface area contributed by atoms with Gasteiger partial charge in [-0.25, -0.2) is 13.2 Å². The number of hydrogen-bond donors (Lipinski definition) is 1. The second-order valence-corrected chi connectivity index (χ2v) is 4.72. The Morgan fingerprint density at radius 3 is 1.87 bits per heavy atom. The third kappa shape index (κ3) is 2.11. The molecular weight excluding hydrogens is 209 g/mol. The number of aliphatic carboxylic acids is 1. The number of halogens is 3. The first-order valence-electron chi connectivity index (χ1n) is 4.91. The molecule has 2 nitrogen and oxygen atoms in total. The Balaban J connectivity index is 2.94. The van der Waals surface area contributed by atoms with E-state index in [4.69, 9.17) is 5.11 Å². The summed E-state index contributed by atoms with van der Waals surface area (Å²) in [6, 6.07) is 0. The second-order valence-electron chi connectivity index (χ2n) is 4.72. The molecule has 0 amide bonds. The van der Waals surface area contributed by atoms with Crippen molar-refractivity contribution in [2.75, 3.05) is 0 Å². The van der Waals surface area contributed by atoms with Gasteiger partial charge in [-0.2, -0.15) is 0 Å². The van der Waals surface area contributed by atoms with Crippen LogP contribution in [0, 0.1) is 5.41 Å². The van der Waals surface area contributed by atoms with Gasteiger partial charge >= 0.3 is 5.97 Å². The molecule has 1 fully saturated rings. The molecular formula is C10H15F3O2. The van der Waals surface area contributed by atoms with Gasteiger partial charge < -0.3 is 5.11 Å². The van der Waals surface area contributed by atoms with Crippen LogP contribution in [-0.2, 0) is 4.79 Å². The van der Waals surface area contributed by atoms with Crippen LogP contribution >= 0.6 is 0 Å². The van der Waals surface area contributed by atoms with Gasteiger partial charge in [-0.15, -0.1) is 0 Å². The first-order valence-corrected chi connectivity index (χ1v) is 4.91. The van der Waals surface area contributed by atoms with E-state index in [2.05, 4.69) is 0 Å². The zero-order valence-corrected chi connectivity index (χ0v) is 8.82. The number of carboxylic acids is 1. The van der Waals surface area contributed by atoms with E-state index in [0.717, 1.165) is 13.8 Å². The van der Waals surface area contributed by atoms with Gasteiger partial charge in [0.05, 0.1) is 0 Å². The van der Waals surface area contributed by atoms with Crippen molar-refractivity contribution in [3.8, 4) is 0 Å². The van der Waals surface area contributed by atoms with Crippen molar-refractivity contribution in [1.29, 1.82) is 0 Å². The molecule has 0 aromatic carbocycles. The average Bonchev–Trinajstić information content (AvgIpc) is 2.01. The molecule has 0 heterocycles. The van der Waals surface area contributed by atoms with Crippen LogP contribution in [0.4, 0.5) is 13.2 Å². The maximum Gasteiger partial charge on any atom is 0.312 e. The maximum absolute atomic E-state index is 13.8. The van der Waals surface area contributed by atoms with Crippen LogP contribution < -0.4 is 0 Å². The van der Waals surface area contributed by atoms with Gasteiger partial charge in [0.2, 0.25) is 5.92 Å². The fourth-order valence-electron chi connectivity index (χ4n) is 2.11. The Kier molecular flexibility index (Phi) is 2.78. The average molecular weight is 224 g/mol. The van der Waals surface area contributed by atoms with Crippen LogP contribution in [0.2, 0.25) is 0 Å². The van der Waals surface area contributed by atoms with Gasteiger partial charge in [0, 0.05) is 12.8 Å². The fraction of sp³-hybridized carbons (Fsp3) is 0.900. The first-order chi connectivity index (χ1) is 6.61. The Morgan fingerprint density at radius 1 is 1.20 bits per heavy atom. The molecule has 1 aliphatic rings. The van der Waals surface area contributed by atoms with Gasteiger partial charge in [0.25, 0.3) is 0 Å². The van der Waals surface area contributed by atoms with Crippen molar-refractivity contribution in [3.05, 3.63) is 0 Å². The van der Waals surface area contributed by atoms with Gasteiger partial charge in [0.15, 0.2) is 0 Å². The van der Waals surface area contributed by atoms with Crippen LogP contribution in [0.1, 0.15) is 39.5 Å². The number of alkyl halides is 3. The highest BCUT2D eigenvalue weighted by Gasteiger charge is 2.56. The van der Waals surface area contributed by atoms with E-state index in [1.807, 2.05) is 0 Å². The summed E-state index contributed by atoms with van der Waals surface area (Å²) in [7, 11) is 0. The molecule has 1 saturated carbocycles. The van der Waals surface area contributed by atoms with Gasteiger partial charge in [-0.05, 0) is 26.7 Å². The van der Waals surface area contributed by atoms with E-state index in [1.54, 1.807) is 0 Å². The lowest BCUT2D eigenvalue weighted by molar-refractivity contribution is -0.171. The number of carbonyl (C=O) groups is 1. The third-order valence-corrected chi connectivity index (χ3v) is 3.38. The third-order valence-electron chi connectivity index (χ3n) is 3.38. The summed E-state index contributed by atoms with van der Waals surface area (Å²) in [5.41, 5.74) is -3.63. The zero-order valence-electron chi connectivity index (χ0n) is 8.82. The summed E-state index contributed by atoms with van der Waals surface area (Å²) in [5.74, 6) is -4.16. The van der Waals surface area contributed by atoms with E-state index in [9.17, 15) is 18.0 Å². The molecule has 0 spiro atoms. The highest BCUT2D eigenvalue weighted by molar-refractivity contribution is 5.76. The highest BCUT2D eigenvalue weighted by Crippen LogP contribution is 2.50. The van der Waals surface area contributed by atoms with Crippen molar-refractivity contribution < 1.29 is 23.1 Å². The molecule has 0 saturated heterocycles. The number of carboxylic acid groups (broad SMARTS) is 1. The van der Waals surface area contributed by atoms with E-state index in [0.29, 0.717) is 0 Å². The van der Waals surface area contributed by atoms with Crippen molar-refractivity contribution in [3.63, 3.8) is 0 Å². The molecule has 0 unspecified atom stereocenters. The van der Waals surface area contributed by atoms with Gasteiger partial charge in [-0.1, -0.05) is 0 Å². The highest BCUT2D eigenvalue weighted by atomic mass is 19.3. The quantitative estimate of drug-likeness (QED) is 0.782. The molecule has 15 heavy (non-hydrogen) atoms. The topological polar surface area (TPSA) is 37.3 Å². The molecule has 0 radical (unpaired) electrons. The Labute approximate surface area is 86.5 Å². The minimum Gasteiger partial charge on any atom is -0.481 e. The largest absolute Gasteiger partial charge is 0.481 e. The second kappa shape index (κ2) is 3.39. The van der Waals surface area contributed by atoms with Gasteiger partial charge in [-0.3, -0.25) is 4.79 Å². The van der Waals surface area contributed by atoms with E-state index in [1.165, 1.54) is 0 Å². The number of hydrogen-bond acceptors (Lipinski definition) is 1. The summed E-state index contributed by atoms with van der Waals surface area (Å²) < 4.78 is 39.6. The lowest BCUT2D eigenvalue weighted by atomic mass is 9.64. The van der Waals surface area contributed by atoms with Crippen LogP contribution in [0.25, 0.3) is 0 Å². The lowest BCUT2D eigenvalue weighted by Crippen LogP contribution is -2.50. The van der Waals surface area contributed by atoms with E-state index >= 15 is 0 Å². The SMILES string of the molecule is CC(C)(F)C1(C(=O)O)CCC(F)(F)CC1. The molecule has 88 valence electrons. The Hall–Kier alpha value is -0.740. The monoisotopic (exact) mass is 224 g/mol. The molecule has 0 aliphatic heterocycles. The van der Waals surface area contributed by atoms with E-state index in [-0.39, 0.29) is 12.8 Å². The predicted molar refractivity (Wildman–Crippen MR) is 48.7 cm³/mol. The van der Waals surface area contributed by atoms with Crippen LogP contribution in [0.5, 0.6) is 0 Å². The smallest absolute Gasteiger partial charge is 0.312 e. The summed E-state index contributed by atoms with van der Waals surface area (Å²) >= 11 is 0. The van der Waals surface area contributed by atoms with Crippen LogP contribution in [-0.4, -0.2) is 22.7 Å². The fourth-order valence-corrected chi connectivity index (χ4v) is 2.11. The molecule has 5 heteroatoms.